The maximum Gasteiger partial charge on any atom is 0.433 e. The van der Waals surface area contributed by atoms with Crippen molar-refractivity contribution in [1.82, 2.24) is 10.0 Å². The van der Waals surface area contributed by atoms with E-state index in [-0.39, 0.29) is 19.0 Å². The molecule has 0 unspecified atom stereocenters. The largest absolute Gasteiger partial charge is 0.506 e. The van der Waals surface area contributed by atoms with Crippen molar-refractivity contribution in [2.45, 2.75) is 13.8 Å². The smallest absolute Gasteiger partial charge is 0.433 e. The minimum atomic E-state index is -0.781. The molecule has 17 heavy (non-hydrogen) atoms. The molecule has 0 saturated heterocycles. The summed E-state index contributed by atoms with van der Waals surface area (Å²) in [7, 11) is 0. The summed E-state index contributed by atoms with van der Waals surface area (Å²) in [5, 5.41) is 11.0. The lowest BCUT2D eigenvalue weighted by Crippen LogP contribution is -2.45. The van der Waals surface area contributed by atoms with Gasteiger partial charge in [0.05, 0.1) is 19.4 Å². The molecular formula is C10H14N2O5. The van der Waals surface area contributed by atoms with Gasteiger partial charge in [-0.2, -0.15) is 10.0 Å². The van der Waals surface area contributed by atoms with E-state index in [1.165, 1.54) is 12.3 Å². The van der Waals surface area contributed by atoms with Gasteiger partial charge in [0.1, 0.15) is 5.76 Å². The highest BCUT2D eigenvalue weighted by molar-refractivity contribution is 5.76. The van der Waals surface area contributed by atoms with E-state index in [2.05, 4.69) is 0 Å². The highest BCUT2D eigenvalue weighted by atomic mass is 16.6. The van der Waals surface area contributed by atoms with Crippen LogP contribution >= 0.6 is 0 Å². The summed E-state index contributed by atoms with van der Waals surface area (Å²) < 4.78 is 9.49. The van der Waals surface area contributed by atoms with E-state index < -0.39 is 12.2 Å². The SMILES string of the molecule is CCOC(=O)N1C=CC(O)=CN1C(=O)OCC. The Kier molecular flexibility index (Phi) is 4.38. The first-order valence-corrected chi connectivity index (χ1v) is 5.11. The van der Waals surface area contributed by atoms with Crippen molar-refractivity contribution in [2.24, 2.45) is 0 Å². The molecule has 0 fully saturated rings. The number of ether oxygens (including phenoxy) is 2. The van der Waals surface area contributed by atoms with Crippen LogP contribution in [0, 0.1) is 0 Å². The van der Waals surface area contributed by atoms with E-state index in [9.17, 15) is 14.7 Å². The van der Waals surface area contributed by atoms with Gasteiger partial charge in [0.15, 0.2) is 0 Å². The van der Waals surface area contributed by atoms with Gasteiger partial charge < -0.3 is 14.6 Å². The van der Waals surface area contributed by atoms with Crippen LogP contribution in [0.3, 0.4) is 0 Å². The number of amides is 2. The van der Waals surface area contributed by atoms with Gasteiger partial charge in [-0.25, -0.2) is 9.59 Å². The number of hydrazine groups is 1. The molecule has 1 rings (SSSR count). The molecule has 2 amide bonds. The van der Waals surface area contributed by atoms with Gasteiger partial charge in [0, 0.05) is 12.3 Å². The summed E-state index contributed by atoms with van der Waals surface area (Å²) in [5.74, 6) is -0.168. The van der Waals surface area contributed by atoms with E-state index in [1.54, 1.807) is 13.8 Å². The molecule has 0 aromatic carbocycles. The lowest BCUT2D eigenvalue weighted by Gasteiger charge is -2.29. The van der Waals surface area contributed by atoms with Crippen LogP contribution in [0.15, 0.2) is 24.2 Å². The number of rotatable bonds is 2. The minimum absolute atomic E-state index is 0.157. The Morgan fingerprint density at radius 2 is 1.71 bits per heavy atom. The Morgan fingerprint density at radius 1 is 1.18 bits per heavy atom. The number of hydrogen-bond acceptors (Lipinski definition) is 5. The maximum absolute atomic E-state index is 11.5. The fraction of sp³-hybridized carbons (Fsp3) is 0.400. The topological polar surface area (TPSA) is 79.3 Å². The molecule has 0 aliphatic carbocycles. The average Bonchev–Trinajstić information content (AvgIpc) is 2.29. The van der Waals surface area contributed by atoms with Crippen LogP contribution < -0.4 is 0 Å². The molecule has 1 N–H and O–H groups in total. The molecule has 0 radical (unpaired) electrons. The standard InChI is InChI=1S/C10H14N2O5/c1-3-16-9(14)11-6-5-8(13)7-12(11)10(15)17-4-2/h5-7,13H,3-4H2,1-2H3. The highest BCUT2D eigenvalue weighted by Gasteiger charge is 2.27. The van der Waals surface area contributed by atoms with Crippen LogP contribution in [0.1, 0.15) is 13.8 Å². The predicted octanol–water partition coefficient (Wildman–Crippen LogP) is 1.75. The van der Waals surface area contributed by atoms with Crippen molar-refractivity contribution in [2.75, 3.05) is 13.2 Å². The molecule has 94 valence electrons. The third-order valence-corrected chi connectivity index (χ3v) is 1.78. The second kappa shape index (κ2) is 5.78. The van der Waals surface area contributed by atoms with Crippen LogP contribution in [0.25, 0.3) is 0 Å². The van der Waals surface area contributed by atoms with Gasteiger partial charge in [-0.15, -0.1) is 0 Å². The fourth-order valence-corrected chi connectivity index (χ4v) is 1.12. The van der Waals surface area contributed by atoms with Crippen LogP contribution in [0.5, 0.6) is 0 Å². The summed E-state index contributed by atoms with van der Waals surface area (Å²) >= 11 is 0. The molecule has 0 saturated carbocycles. The van der Waals surface area contributed by atoms with E-state index in [0.717, 1.165) is 16.2 Å². The maximum atomic E-state index is 11.5. The molecule has 0 bridgehead atoms. The third-order valence-electron chi connectivity index (χ3n) is 1.78. The molecule has 0 aromatic heterocycles. The molecule has 0 spiro atoms. The van der Waals surface area contributed by atoms with E-state index in [1.807, 2.05) is 0 Å². The van der Waals surface area contributed by atoms with Crippen molar-refractivity contribution in [3.8, 4) is 0 Å². The molecule has 0 atom stereocenters. The molecule has 1 heterocycles. The van der Waals surface area contributed by atoms with E-state index in [4.69, 9.17) is 9.47 Å². The summed E-state index contributed by atoms with van der Waals surface area (Å²) in [6.45, 7) is 3.61. The van der Waals surface area contributed by atoms with Crippen LogP contribution in [0.4, 0.5) is 9.59 Å². The van der Waals surface area contributed by atoms with Crippen molar-refractivity contribution in [3.05, 3.63) is 24.2 Å². The van der Waals surface area contributed by atoms with Crippen molar-refractivity contribution in [1.29, 1.82) is 0 Å². The first kappa shape index (κ1) is 12.9. The number of carbonyl (C=O) groups is 2. The Morgan fingerprint density at radius 3 is 2.24 bits per heavy atom. The zero-order chi connectivity index (χ0) is 12.8. The van der Waals surface area contributed by atoms with Crippen molar-refractivity contribution < 1.29 is 24.2 Å². The van der Waals surface area contributed by atoms with Gasteiger partial charge in [0.25, 0.3) is 0 Å². The van der Waals surface area contributed by atoms with Crippen LogP contribution in [-0.2, 0) is 9.47 Å². The van der Waals surface area contributed by atoms with E-state index in [0.29, 0.717) is 0 Å². The Hall–Kier alpha value is -2.18. The lowest BCUT2D eigenvalue weighted by molar-refractivity contribution is 0.0279. The van der Waals surface area contributed by atoms with Crippen molar-refractivity contribution >= 4 is 12.2 Å². The lowest BCUT2D eigenvalue weighted by atomic mass is 10.4. The summed E-state index contributed by atoms with van der Waals surface area (Å²) in [5.41, 5.74) is 0. The fourth-order valence-electron chi connectivity index (χ4n) is 1.12. The number of carbonyl (C=O) groups excluding carboxylic acids is 2. The van der Waals surface area contributed by atoms with Crippen molar-refractivity contribution in [3.63, 3.8) is 0 Å². The van der Waals surface area contributed by atoms with Gasteiger partial charge in [-0.3, -0.25) is 0 Å². The molecule has 1 aliphatic heterocycles. The second-order valence-electron chi connectivity index (χ2n) is 2.96. The molecule has 1 aliphatic rings. The number of hydrogen-bond donors (Lipinski definition) is 1. The average molecular weight is 242 g/mol. The molecular weight excluding hydrogens is 228 g/mol. The second-order valence-corrected chi connectivity index (χ2v) is 2.96. The molecule has 7 nitrogen and oxygen atoms in total. The van der Waals surface area contributed by atoms with Crippen LogP contribution in [0.2, 0.25) is 0 Å². The van der Waals surface area contributed by atoms with Gasteiger partial charge in [-0.1, -0.05) is 0 Å². The quantitative estimate of drug-likeness (QED) is 0.797. The summed E-state index contributed by atoms with van der Waals surface area (Å²) in [6.07, 6.45) is 2.02. The van der Waals surface area contributed by atoms with Crippen LogP contribution in [-0.4, -0.2) is 40.5 Å². The zero-order valence-corrected chi connectivity index (χ0v) is 9.62. The summed E-state index contributed by atoms with van der Waals surface area (Å²) in [4.78, 5) is 23.0. The number of aliphatic hydroxyl groups is 1. The number of allylic oxidation sites excluding steroid dienone is 1. The van der Waals surface area contributed by atoms with Gasteiger partial charge in [-0.05, 0) is 13.8 Å². The Balaban J connectivity index is 2.84. The zero-order valence-electron chi connectivity index (χ0n) is 9.62. The molecule has 7 heteroatoms. The number of nitrogens with zero attached hydrogens (tertiary/aromatic N) is 2. The Bertz CT molecular complexity index is 364. The monoisotopic (exact) mass is 242 g/mol. The minimum Gasteiger partial charge on any atom is -0.506 e. The Labute approximate surface area is 98.5 Å². The first-order chi connectivity index (χ1) is 8.10. The first-order valence-electron chi connectivity index (χ1n) is 5.11. The van der Waals surface area contributed by atoms with Gasteiger partial charge in [0.2, 0.25) is 0 Å². The predicted molar refractivity (Wildman–Crippen MR) is 57.6 cm³/mol. The van der Waals surface area contributed by atoms with E-state index >= 15 is 0 Å². The molecule has 0 aromatic rings. The highest BCUT2D eigenvalue weighted by Crippen LogP contribution is 2.13. The summed E-state index contributed by atoms with van der Waals surface area (Å²) in [6, 6.07) is 0. The third kappa shape index (κ3) is 3.13. The number of aliphatic hydroxyl groups excluding tert-OH is 1. The normalized spacial score (nSPS) is 14.4. The van der Waals surface area contributed by atoms with Gasteiger partial charge >= 0.3 is 12.2 Å².